The van der Waals surface area contributed by atoms with Crippen molar-refractivity contribution < 1.29 is 33.1 Å². The van der Waals surface area contributed by atoms with Gasteiger partial charge >= 0.3 is 17.6 Å². The molecule has 1 fully saturated rings. The predicted molar refractivity (Wildman–Crippen MR) is 105 cm³/mol. The van der Waals surface area contributed by atoms with Crippen LogP contribution >= 0.6 is 0 Å². The third kappa shape index (κ3) is 4.72. The van der Waals surface area contributed by atoms with Gasteiger partial charge in [-0.05, 0) is 24.3 Å². The molecule has 2 heterocycles. The van der Waals surface area contributed by atoms with E-state index < -0.39 is 41.3 Å². The standard InChI is InChI=1S/C20H15N3O8/c1-30-18(27)12-9-13(21-15(24)10-5-3-2-4-6-10)19(28)31-14(12)8-7-11-16(25)22-20(29)23-17(11)26/h2-9,11H,1H3,(H,21,24)(H2,22,23,25,26,29)/b8-7+. The number of urea groups is 1. The van der Waals surface area contributed by atoms with Gasteiger partial charge in [0.25, 0.3) is 5.91 Å². The molecule has 0 atom stereocenters. The molecular weight excluding hydrogens is 410 g/mol. The van der Waals surface area contributed by atoms with Gasteiger partial charge in [-0.1, -0.05) is 24.3 Å². The van der Waals surface area contributed by atoms with Gasteiger partial charge in [-0.2, -0.15) is 0 Å². The van der Waals surface area contributed by atoms with Gasteiger partial charge < -0.3 is 14.5 Å². The number of carbonyl (C=O) groups excluding carboxylic acids is 5. The summed E-state index contributed by atoms with van der Waals surface area (Å²) in [6.07, 6.45) is 2.10. The number of barbiturate groups is 1. The molecule has 158 valence electrons. The molecule has 1 saturated heterocycles. The van der Waals surface area contributed by atoms with Crippen LogP contribution in [0, 0.1) is 5.92 Å². The topological polar surface area (TPSA) is 161 Å². The Bertz CT molecular complexity index is 1150. The average Bonchev–Trinajstić information content (AvgIpc) is 2.74. The molecule has 11 nitrogen and oxygen atoms in total. The number of anilines is 1. The zero-order valence-electron chi connectivity index (χ0n) is 16.0. The number of rotatable bonds is 5. The minimum atomic E-state index is -1.40. The van der Waals surface area contributed by atoms with Gasteiger partial charge in [0.2, 0.25) is 11.8 Å². The molecule has 0 spiro atoms. The van der Waals surface area contributed by atoms with Gasteiger partial charge in [0, 0.05) is 5.56 Å². The molecule has 2 aromatic rings. The van der Waals surface area contributed by atoms with Gasteiger partial charge in [0.05, 0.1) is 7.11 Å². The van der Waals surface area contributed by atoms with Crippen molar-refractivity contribution in [1.29, 1.82) is 0 Å². The lowest BCUT2D eigenvalue weighted by molar-refractivity contribution is -0.133. The Balaban J connectivity index is 1.93. The molecule has 1 aromatic carbocycles. The zero-order chi connectivity index (χ0) is 22.5. The highest BCUT2D eigenvalue weighted by Gasteiger charge is 2.32. The van der Waals surface area contributed by atoms with Crippen molar-refractivity contribution in [3.05, 3.63) is 69.8 Å². The molecule has 3 rings (SSSR count). The van der Waals surface area contributed by atoms with Crippen molar-refractivity contribution in [2.24, 2.45) is 5.92 Å². The average molecular weight is 425 g/mol. The van der Waals surface area contributed by atoms with Crippen LogP contribution in [0.4, 0.5) is 10.5 Å². The van der Waals surface area contributed by atoms with E-state index in [0.29, 0.717) is 0 Å². The molecule has 0 bridgehead atoms. The third-order valence-electron chi connectivity index (χ3n) is 4.14. The summed E-state index contributed by atoms with van der Waals surface area (Å²) < 4.78 is 9.75. The smallest absolute Gasteiger partial charge is 0.360 e. The molecule has 11 heteroatoms. The minimum Gasteiger partial charge on any atom is -0.465 e. The molecule has 1 aromatic heterocycles. The summed E-state index contributed by atoms with van der Waals surface area (Å²) in [6.45, 7) is 0. The number of hydrogen-bond donors (Lipinski definition) is 3. The van der Waals surface area contributed by atoms with E-state index in [1.54, 1.807) is 18.2 Å². The van der Waals surface area contributed by atoms with Crippen molar-refractivity contribution in [2.45, 2.75) is 0 Å². The van der Waals surface area contributed by atoms with Crippen LogP contribution in [0.2, 0.25) is 0 Å². The maximum atomic E-state index is 12.3. The summed E-state index contributed by atoms with van der Waals surface area (Å²) in [5, 5.41) is 6.17. The van der Waals surface area contributed by atoms with E-state index in [0.717, 1.165) is 25.3 Å². The number of carbonyl (C=O) groups is 5. The Labute approximate surface area is 174 Å². The van der Waals surface area contributed by atoms with E-state index in [-0.39, 0.29) is 22.6 Å². The van der Waals surface area contributed by atoms with Gasteiger partial charge in [-0.25, -0.2) is 14.4 Å². The highest BCUT2D eigenvalue weighted by Crippen LogP contribution is 2.17. The maximum Gasteiger partial charge on any atom is 0.360 e. The first-order valence-electron chi connectivity index (χ1n) is 8.77. The normalized spacial score (nSPS) is 14.2. The van der Waals surface area contributed by atoms with Crippen molar-refractivity contribution >= 4 is 41.5 Å². The fourth-order valence-electron chi connectivity index (χ4n) is 2.64. The lowest BCUT2D eigenvalue weighted by Gasteiger charge is -2.17. The van der Waals surface area contributed by atoms with E-state index >= 15 is 0 Å². The molecule has 1 aliphatic rings. The number of amides is 5. The number of esters is 1. The van der Waals surface area contributed by atoms with Gasteiger partial charge in [-0.3, -0.25) is 25.0 Å². The molecule has 1 aliphatic heterocycles. The molecule has 31 heavy (non-hydrogen) atoms. The SMILES string of the molecule is COC(=O)c1cc(NC(=O)c2ccccc2)c(=O)oc1/C=C/C1C(=O)NC(=O)NC1=O. The summed E-state index contributed by atoms with van der Waals surface area (Å²) in [4.78, 5) is 71.5. The van der Waals surface area contributed by atoms with Gasteiger partial charge in [0.1, 0.15) is 22.9 Å². The second-order valence-electron chi connectivity index (χ2n) is 6.18. The van der Waals surface area contributed by atoms with Crippen LogP contribution < -0.4 is 21.6 Å². The summed E-state index contributed by atoms with van der Waals surface area (Å²) in [5.74, 6) is -4.99. The highest BCUT2D eigenvalue weighted by atomic mass is 16.5. The van der Waals surface area contributed by atoms with E-state index in [9.17, 15) is 28.8 Å². The highest BCUT2D eigenvalue weighted by molar-refractivity contribution is 6.17. The van der Waals surface area contributed by atoms with Crippen molar-refractivity contribution in [2.75, 3.05) is 12.4 Å². The Hall–Kier alpha value is -4.54. The zero-order valence-corrected chi connectivity index (χ0v) is 16.0. The van der Waals surface area contributed by atoms with Crippen LogP contribution in [0.5, 0.6) is 0 Å². The van der Waals surface area contributed by atoms with Crippen molar-refractivity contribution in [3.63, 3.8) is 0 Å². The van der Waals surface area contributed by atoms with Crippen molar-refractivity contribution in [1.82, 2.24) is 10.6 Å². The van der Waals surface area contributed by atoms with Crippen LogP contribution in [0.15, 0.2) is 51.7 Å². The molecule has 0 aliphatic carbocycles. The first-order valence-corrected chi connectivity index (χ1v) is 8.77. The van der Waals surface area contributed by atoms with Gasteiger partial charge in [0.15, 0.2) is 0 Å². The minimum absolute atomic E-state index is 0.241. The monoisotopic (exact) mass is 425 g/mol. The third-order valence-corrected chi connectivity index (χ3v) is 4.14. The Morgan fingerprint density at radius 1 is 1.06 bits per heavy atom. The number of ether oxygens (including phenoxy) is 1. The molecule has 5 amide bonds. The maximum absolute atomic E-state index is 12.3. The second-order valence-corrected chi connectivity index (χ2v) is 6.18. The molecule has 0 saturated carbocycles. The Morgan fingerprint density at radius 2 is 1.71 bits per heavy atom. The number of methoxy groups -OCH3 is 1. The fourth-order valence-corrected chi connectivity index (χ4v) is 2.64. The van der Waals surface area contributed by atoms with Gasteiger partial charge in [-0.15, -0.1) is 0 Å². The lowest BCUT2D eigenvalue weighted by atomic mass is 10.0. The van der Waals surface area contributed by atoms with E-state index in [4.69, 9.17) is 4.42 Å². The second kappa shape index (κ2) is 8.86. The largest absolute Gasteiger partial charge is 0.465 e. The molecule has 3 N–H and O–H groups in total. The number of imide groups is 2. The first kappa shape index (κ1) is 21.2. The summed E-state index contributed by atoms with van der Waals surface area (Å²) in [7, 11) is 1.09. The van der Waals surface area contributed by atoms with Crippen LogP contribution in [0.3, 0.4) is 0 Å². The fraction of sp³-hybridized carbons (Fsp3) is 0.100. The van der Waals surface area contributed by atoms with E-state index in [1.165, 1.54) is 12.1 Å². The Kier molecular flexibility index (Phi) is 6.05. The number of benzene rings is 1. The summed E-state index contributed by atoms with van der Waals surface area (Å²) in [6, 6.07) is 8.14. The number of hydrogen-bond acceptors (Lipinski definition) is 8. The van der Waals surface area contributed by atoms with Crippen LogP contribution in [-0.4, -0.2) is 36.8 Å². The van der Waals surface area contributed by atoms with Crippen molar-refractivity contribution in [3.8, 4) is 0 Å². The number of nitrogens with one attached hydrogen (secondary N) is 3. The van der Waals surface area contributed by atoms with Crippen LogP contribution in [0.25, 0.3) is 6.08 Å². The molecule has 0 radical (unpaired) electrons. The first-order chi connectivity index (χ1) is 14.8. The Morgan fingerprint density at radius 3 is 2.32 bits per heavy atom. The summed E-state index contributed by atoms with van der Waals surface area (Å²) in [5.41, 5.74) is -1.27. The van der Waals surface area contributed by atoms with E-state index in [2.05, 4.69) is 10.1 Å². The molecule has 0 unspecified atom stereocenters. The van der Waals surface area contributed by atoms with Crippen LogP contribution in [-0.2, 0) is 14.3 Å². The molecular formula is C20H15N3O8. The predicted octanol–water partition coefficient (Wildman–Crippen LogP) is 0.674. The quantitative estimate of drug-likeness (QED) is 0.465. The lowest BCUT2D eigenvalue weighted by Crippen LogP contribution is -2.55. The summed E-state index contributed by atoms with van der Waals surface area (Å²) >= 11 is 0. The van der Waals surface area contributed by atoms with E-state index in [1.807, 2.05) is 10.6 Å². The van der Waals surface area contributed by atoms with Crippen LogP contribution in [0.1, 0.15) is 26.5 Å².